The number of carbonyl (C=O) groups is 2. The van der Waals surface area contributed by atoms with E-state index in [0.717, 1.165) is 34.4 Å². The molecule has 0 heterocycles. The van der Waals surface area contributed by atoms with Gasteiger partial charge in [0.1, 0.15) is 17.7 Å². The zero-order valence-corrected chi connectivity index (χ0v) is 24.1. The van der Waals surface area contributed by atoms with E-state index < -0.39 is 47.7 Å². The molecule has 0 aliphatic rings. The number of nitrogens with one attached hydrogen (secondary N) is 3. The van der Waals surface area contributed by atoms with Gasteiger partial charge in [0.25, 0.3) is 0 Å². The molecule has 0 spiro atoms. The third-order valence-corrected chi connectivity index (χ3v) is 6.64. The van der Waals surface area contributed by atoms with E-state index in [-0.39, 0.29) is 38.3 Å². The van der Waals surface area contributed by atoms with Crippen LogP contribution in [0.15, 0.2) is 66.7 Å². The summed E-state index contributed by atoms with van der Waals surface area (Å²) in [5.74, 6) is -2.50. The smallest absolute Gasteiger partial charge is 0.245 e. The Morgan fingerprint density at radius 2 is 1.64 bits per heavy atom. The molecule has 8 nitrogen and oxygen atoms in total. The van der Waals surface area contributed by atoms with E-state index in [9.17, 15) is 28.6 Å². The highest BCUT2D eigenvalue weighted by molar-refractivity contribution is 5.88. The van der Waals surface area contributed by atoms with Crippen LogP contribution < -0.4 is 16.0 Å². The minimum absolute atomic E-state index is 0.00220. The van der Waals surface area contributed by atoms with Gasteiger partial charge in [0.2, 0.25) is 11.8 Å². The van der Waals surface area contributed by atoms with Crippen molar-refractivity contribution in [1.82, 2.24) is 16.0 Å². The first-order valence-electron chi connectivity index (χ1n) is 13.8. The van der Waals surface area contributed by atoms with Crippen molar-refractivity contribution < 1.29 is 33.3 Å². The van der Waals surface area contributed by atoms with Crippen molar-refractivity contribution in [2.45, 2.75) is 64.6 Å². The lowest BCUT2D eigenvalue weighted by atomic mass is 9.99. The summed E-state index contributed by atoms with van der Waals surface area (Å²) in [6.45, 7) is 4.85. The number of benzene rings is 3. The summed E-state index contributed by atoms with van der Waals surface area (Å²) in [5, 5.41) is 27.7. The number of hydrogen-bond donors (Lipinski definition) is 5. The minimum atomic E-state index is -1.13. The van der Waals surface area contributed by atoms with Gasteiger partial charge < -0.3 is 30.9 Å². The summed E-state index contributed by atoms with van der Waals surface area (Å²) in [5.41, 5.74) is 2.49. The standard InChI is InChI=1S/C32H39F2N3O5/c1-21(39)16-36-32(2,3)15-30(40)37-29(20-42-19-26-27(33)9-6-10-28(26)34)31(41)35-17-22-11-13-23(14-12-22)25-8-5-4-7-24(25)18-38/h4-14,21,29,36,38-39H,15-20H2,1-3H3,(H,35,41)(H,37,40)/t21-,29-/m1/s1. The predicted molar refractivity (Wildman–Crippen MR) is 156 cm³/mol. The summed E-state index contributed by atoms with van der Waals surface area (Å²) >= 11 is 0. The van der Waals surface area contributed by atoms with Gasteiger partial charge in [-0.15, -0.1) is 0 Å². The normalized spacial score (nSPS) is 12.9. The quantitative estimate of drug-likeness (QED) is 0.187. The molecular weight excluding hydrogens is 544 g/mol. The topological polar surface area (TPSA) is 120 Å². The van der Waals surface area contributed by atoms with E-state index >= 15 is 0 Å². The first kappa shape index (κ1) is 32.8. The van der Waals surface area contributed by atoms with Crippen molar-refractivity contribution in [3.05, 3.63) is 95.1 Å². The van der Waals surface area contributed by atoms with Gasteiger partial charge in [-0.05, 0) is 55.2 Å². The molecule has 42 heavy (non-hydrogen) atoms. The van der Waals surface area contributed by atoms with Crippen LogP contribution in [-0.4, -0.2) is 52.9 Å². The molecule has 2 atom stereocenters. The summed E-state index contributed by atoms with van der Waals surface area (Å²) in [6, 6.07) is 17.4. The Kier molecular flexibility index (Phi) is 12.1. The second-order valence-electron chi connectivity index (χ2n) is 10.9. The van der Waals surface area contributed by atoms with E-state index in [0.29, 0.717) is 0 Å². The number of rotatable bonds is 15. The Morgan fingerprint density at radius 3 is 2.29 bits per heavy atom. The largest absolute Gasteiger partial charge is 0.392 e. The molecule has 0 bridgehead atoms. The molecule has 0 aliphatic heterocycles. The number of β-amino-alcohol motifs (C(OH)–C–C–N with tert-alkyl or cyclic N) is 1. The lowest BCUT2D eigenvalue weighted by Crippen LogP contribution is -2.52. The first-order chi connectivity index (χ1) is 20.0. The molecule has 3 aromatic rings. The van der Waals surface area contributed by atoms with Crippen molar-refractivity contribution in [3.8, 4) is 11.1 Å². The molecule has 3 rings (SSSR count). The molecule has 0 saturated carbocycles. The lowest BCUT2D eigenvalue weighted by molar-refractivity contribution is -0.131. The molecule has 0 aliphatic carbocycles. The number of ether oxygens (including phenoxy) is 1. The third-order valence-electron chi connectivity index (χ3n) is 6.64. The van der Waals surface area contributed by atoms with Crippen LogP contribution in [0.3, 0.4) is 0 Å². The molecule has 226 valence electrons. The van der Waals surface area contributed by atoms with Gasteiger partial charge in [-0.25, -0.2) is 8.78 Å². The highest BCUT2D eigenvalue weighted by atomic mass is 19.1. The van der Waals surface area contributed by atoms with Crippen molar-refractivity contribution in [3.63, 3.8) is 0 Å². The Morgan fingerprint density at radius 1 is 0.976 bits per heavy atom. The second kappa shape index (κ2) is 15.5. The molecule has 0 aromatic heterocycles. The van der Waals surface area contributed by atoms with Crippen LogP contribution in [0.25, 0.3) is 11.1 Å². The average molecular weight is 584 g/mol. The molecule has 0 fully saturated rings. The van der Waals surface area contributed by atoms with Crippen LogP contribution in [0, 0.1) is 11.6 Å². The van der Waals surface area contributed by atoms with Crippen molar-refractivity contribution in [1.29, 1.82) is 0 Å². The average Bonchev–Trinajstić information content (AvgIpc) is 2.95. The molecule has 3 aromatic carbocycles. The summed E-state index contributed by atoms with van der Waals surface area (Å²) < 4.78 is 33.6. The van der Waals surface area contributed by atoms with Gasteiger partial charge in [-0.2, -0.15) is 0 Å². The Hall–Kier alpha value is -3.70. The number of hydrogen-bond acceptors (Lipinski definition) is 6. The van der Waals surface area contributed by atoms with Gasteiger partial charge in [0.15, 0.2) is 0 Å². The third kappa shape index (κ3) is 9.99. The molecule has 0 unspecified atom stereocenters. The summed E-state index contributed by atoms with van der Waals surface area (Å²) in [4.78, 5) is 26.0. The fourth-order valence-corrected chi connectivity index (χ4v) is 4.32. The fourth-order valence-electron chi connectivity index (χ4n) is 4.32. The highest BCUT2D eigenvalue weighted by Crippen LogP contribution is 2.24. The van der Waals surface area contributed by atoms with Gasteiger partial charge >= 0.3 is 0 Å². The van der Waals surface area contributed by atoms with Gasteiger partial charge in [-0.1, -0.05) is 54.6 Å². The van der Waals surface area contributed by atoms with Crippen LogP contribution >= 0.6 is 0 Å². The molecule has 0 radical (unpaired) electrons. The number of aliphatic hydroxyl groups is 2. The van der Waals surface area contributed by atoms with Crippen LogP contribution in [-0.2, 0) is 34.1 Å². The lowest BCUT2D eigenvalue weighted by Gasteiger charge is -2.28. The second-order valence-corrected chi connectivity index (χ2v) is 10.9. The van der Waals surface area contributed by atoms with Crippen molar-refractivity contribution in [2.75, 3.05) is 13.2 Å². The number of amides is 2. The van der Waals surface area contributed by atoms with Gasteiger partial charge in [0.05, 0.1) is 25.9 Å². The number of halogens is 2. The molecular formula is C32H39F2N3O5. The molecule has 5 N–H and O–H groups in total. The summed E-state index contributed by atoms with van der Waals surface area (Å²) in [6.07, 6.45) is -0.598. The van der Waals surface area contributed by atoms with E-state index in [1.54, 1.807) is 20.8 Å². The van der Waals surface area contributed by atoms with Gasteiger partial charge in [-0.3, -0.25) is 9.59 Å². The predicted octanol–water partition coefficient (Wildman–Crippen LogP) is 3.58. The van der Waals surface area contributed by atoms with Crippen molar-refractivity contribution in [2.24, 2.45) is 0 Å². The molecule has 2 amide bonds. The zero-order chi connectivity index (χ0) is 30.7. The van der Waals surface area contributed by atoms with Crippen LogP contribution in [0.2, 0.25) is 0 Å². The molecule has 0 saturated heterocycles. The van der Waals surface area contributed by atoms with E-state index in [2.05, 4.69) is 16.0 Å². The van der Waals surface area contributed by atoms with E-state index in [1.807, 2.05) is 48.5 Å². The maximum atomic E-state index is 14.0. The maximum Gasteiger partial charge on any atom is 0.245 e. The SMILES string of the molecule is C[C@@H](O)CNC(C)(C)CC(=O)N[C@H](COCc1c(F)cccc1F)C(=O)NCc1ccc(-c2ccccc2CO)cc1. The fraction of sp³-hybridized carbons (Fsp3) is 0.375. The minimum Gasteiger partial charge on any atom is -0.392 e. The Bertz CT molecular complexity index is 1310. The van der Waals surface area contributed by atoms with E-state index in [4.69, 9.17) is 4.74 Å². The maximum absolute atomic E-state index is 14.0. The van der Waals surface area contributed by atoms with Crippen LogP contribution in [0.5, 0.6) is 0 Å². The van der Waals surface area contributed by atoms with Crippen molar-refractivity contribution >= 4 is 11.8 Å². The van der Waals surface area contributed by atoms with Crippen LogP contribution in [0.1, 0.15) is 43.9 Å². The Labute approximate surface area is 245 Å². The Balaban J connectivity index is 1.66. The highest BCUT2D eigenvalue weighted by Gasteiger charge is 2.26. The monoisotopic (exact) mass is 583 g/mol. The zero-order valence-electron chi connectivity index (χ0n) is 24.1. The van der Waals surface area contributed by atoms with Crippen LogP contribution in [0.4, 0.5) is 8.78 Å². The first-order valence-corrected chi connectivity index (χ1v) is 13.8. The van der Waals surface area contributed by atoms with E-state index in [1.165, 1.54) is 6.07 Å². The number of carbonyl (C=O) groups excluding carboxylic acids is 2. The summed E-state index contributed by atoms with van der Waals surface area (Å²) in [7, 11) is 0. The molecule has 10 heteroatoms. The number of aliphatic hydroxyl groups excluding tert-OH is 2. The van der Waals surface area contributed by atoms with Gasteiger partial charge in [0, 0.05) is 30.6 Å².